The van der Waals surface area contributed by atoms with E-state index < -0.39 is 0 Å². The second-order valence-electron chi connectivity index (χ2n) is 5.99. The summed E-state index contributed by atoms with van der Waals surface area (Å²) in [6.45, 7) is 5.18. The number of thiazole rings is 1. The molecule has 1 aliphatic carbocycles. The molecule has 0 bridgehead atoms. The highest BCUT2D eigenvalue weighted by atomic mass is 32.1. The topological polar surface area (TPSA) is 45.2 Å². The molecular formula is C16H22N2OS. The molecule has 20 heavy (non-hydrogen) atoms. The zero-order chi connectivity index (χ0) is 14.1. The van der Waals surface area contributed by atoms with Gasteiger partial charge in [0.2, 0.25) is 0 Å². The molecule has 1 fully saturated rings. The van der Waals surface area contributed by atoms with Crippen molar-refractivity contribution in [1.29, 1.82) is 0 Å². The zero-order valence-electron chi connectivity index (χ0n) is 12.1. The lowest BCUT2D eigenvalue weighted by Gasteiger charge is -2.16. The number of fused-ring (bicyclic) bond motifs is 1. The van der Waals surface area contributed by atoms with Crippen molar-refractivity contribution in [3.63, 3.8) is 0 Å². The number of aliphatic hydroxyl groups excluding tert-OH is 1. The highest BCUT2D eigenvalue weighted by molar-refractivity contribution is 7.18. The number of aromatic nitrogens is 1. The molecule has 2 aromatic rings. The maximum absolute atomic E-state index is 9.83. The van der Waals surface area contributed by atoms with E-state index in [1.54, 1.807) is 11.3 Å². The van der Waals surface area contributed by atoms with Gasteiger partial charge in [0.1, 0.15) is 0 Å². The molecule has 0 amide bonds. The van der Waals surface area contributed by atoms with Crippen LogP contribution in [0.25, 0.3) is 10.2 Å². The lowest BCUT2D eigenvalue weighted by molar-refractivity contribution is 0.148. The summed E-state index contributed by atoms with van der Waals surface area (Å²) in [7, 11) is 0. The Hall–Kier alpha value is -0.970. The van der Waals surface area contributed by atoms with E-state index in [2.05, 4.69) is 37.4 Å². The molecule has 1 aliphatic rings. The molecule has 1 aromatic carbocycles. The SMILES string of the molecule is CC(C)c1nc2cc(CN[C@H]3CCC[C@@H]3O)ccc2s1. The number of rotatable bonds is 4. The maximum atomic E-state index is 9.83. The summed E-state index contributed by atoms with van der Waals surface area (Å²) in [5.74, 6) is 0.489. The fraction of sp³-hybridized carbons (Fsp3) is 0.562. The summed E-state index contributed by atoms with van der Waals surface area (Å²) in [4.78, 5) is 4.71. The molecule has 4 heteroatoms. The zero-order valence-corrected chi connectivity index (χ0v) is 12.9. The average Bonchev–Trinajstić information content (AvgIpc) is 3.01. The van der Waals surface area contributed by atoms with Gasteiger partial charge < -0.3 is 10.4 Å². The quantitative estimate of drug-likeness (QED) is 0.907. The van der Waals surface area contributed by atoms with E-state index in [4.69, 9.17) is 4.98 Å². The summed E-state index contributed by atoms with van der Waals surface area (Å²) in [6, 6.07) is 6.76. The molecule has 3 nitrogen and oxygen atoms in total. The second kappa shape index (κ2) is 5.80. The van der Waals surface area contributed by atoms with Crippen molar-refractivity contribution in [2.45, 2.75) is 57.7 Å². The van der Waals surface area contributed by atoms with Gasteiger partial charge >= 0.3 is 0 Å². The molecule has 1 heterocycles. The lowest BCUT2D eigenvalue weighted by atomic mass is 10.1. The Morgan fingerprint density at radius 3 is 2.95 bits per heavy atom. The van der Waals surface area contributed by atoms with Crippen LogP contribution in [0.3, 0.4) is 0 Å². The molecule has 0 unspecified atom stereocenters. The van der Waals surface area contributed by atoms with Crippen LogP contribution in [0.5, 0.6) is 0 Å². The van der Waals surface area contributed by atoms with Crippen LogP contribution in [0.4, 0.5) is 0 Å². The molecule has 108 valence electrons. The van der Waals surface area contributed by atoms with Gasteiger partial charge in [-0.3, -0.25) is 0 Å². The number of nitrogens with zero attached hydrogens (tertiary/aromatic N) is 1. The number of nitrogens with one attached hydrogen (secondary N) is 1. The molecule has 0 spiro atoms. The normalized spacial score (nSPS) is 23.0. The van der Waals surface area contributed by atoms with Gasteiger partial charge in [0, 0.05) is 18.5 Å². The van der Waals surface area contributed by atoms with Crippen LogP contribution >= 0.6 is 11.3 Å². The number of hydrogen-bond donors (Lipinski definition) is 2. The first-order valence-corrected chi connectivity index (χ1v) is 8.26. The minimum absolute atomic E-state index is 0.175. The van der Waals surface area contributed by atoms with Crippen molar-refractivity contribution in [2.75, 3.05) is 0 Å². The van der Waals surface area contributed by atoms with Crippen LogP contribution in [0.2, 0.25) is 0 Å². The van der Waals surface area contributed by atoms with Gasteiger partial charge in [-0.2, -0.15) is 0 Å². The van der Waals surface area contributed by atoms with E-state index in [-0.39, 0.29) is 12.1 Å². The minimum atomic E-state index is -0.175. The fourth-order valence-electron chi connectivity index (χ4n) is 2.78. The molecule has 0 radical (unpaired) electrons. The Kier molecular flexibility index (Phi) is 4.06. The fourth-order valence-corrected chi connectivity index (χ4v) is 3.73. The third kappa shape index (κ3) is 2.87. The van der Waals surface area contributed by atoms with E-state index in [1.807, 2.05) is 0 Å². The van der Waals surface area contributed by atoms with Crippen LogP contribution in [-0.2, 0) is 6.54 Å². The van der Waals surface area contributed by atoms with Gasteiger partial charge in [0.05, 0.1) is 21.3 Å². The van der Waals surface area contributed by atoms with Crippen LogP contribution in [-0.4, -0.2) is 22.2 Å². The monoisotopic (exact) mass is 290 g/mol. The molecule has 3 rings (SSSR count). The van der Waals surface area contributed by atoms with Gasteiger partial charge in [-0.1, -0.05) is 19.9 Å². The second-order valence-corrected chi connectivity index (χ2v) is 7.06. The maximum Gasteiger partial charge on any atom is 0.0963 e. The van der Waals surface area contributed by atoms with Crippen molar-refractivity contribution >= 4 is 21.6 Å². The van der Waals surface area contributed by atoms with Gasteiger partial charge in [-0.05, 0) is 37.0 Å². The van der Waals surface area contributed by atoms with E-state index in [0.717, 1.165) is 31.3 Å². The summed E-state index contributed by atoms with van der Waals surface area (Å²) in [5.41, 5.74) is 2.35. The van der Waals surface area contributed by atoms with E-state index >= 15 is 0 Å². The van der Waals surface area contributed by atoms with Gasteiger partial charge in [-0.25, -0.2) is 4.98 Å². The van der Waals surface area contributed by atoms with Crippen molar-refractivity contribution in [2.24, 2.45) is 0 Å². The van der Waals surface area contributed by atoms with Crippen molar-refractivity contribution in [3.05, 3.63) is 28.8 Å². The predicted molar refractivity (Wildman–Crippen MR) is 84.2 cm³/mol. The van der Waals surface area contributed by atoms with Crippen molar-refractivity contribution in [1.82, 2.24) is 10.3 Å². The van der Waals surface area contributed by atoms with Crippen molar-refractivity contribution in [3.8, 4) is 0 Å². The van der Waals surface area contributed by atoms with Gasteiger partial charge in [-0.15, -0.1) is 11.3 Å². The summed E-state index contributed by atoms with van der Waals surface area (Å²) >= 11 is 1.79. The average molecular weight is 290 g/mol. The smallest absolute Gasteiger partial charge is 0.0963 e. The molecule has 0 aliphatic heterocycles. The number of hydrogen-bond acceptors (Lipinski definition) is 4. The minimum Gasteiger partial charge on any atom is -0.392 e. The lowest BCUT2D eigenvalue weighted by Crippen LogP contribution is -2.34. The van der Waals surface area contributed by atoms with Gasteiger partial charge in [0.15, 0.2) is 0 Å². The molecule has 1 aromatic heterocycles. The summed E-state index contributed by atoms with van der Waals surface area (Å²) < 4.78 is 1.26. The molecule has 0 saturated heterocycles. The first kappa shape index (κ1) is 14.0. The molecule has 2 N–H and O–H groups in total. The van der Waals surface area contributed by atoms with Crippen LogP contribution in [0, 0.1) is 0 Å². The molecular weight excluding hydrogens is 268 g/mol. The Morgan fingerprint density at radius 1 is 1.40 bits per heavy atom. The van der Waals surface area contributed by atoms with Crippen LogP contribution in [0.1, 0.15) is 49.6 Å². The van der Waals surface area contributed by atoms with E-state index in [1.165, 1.54) is 15.3 Å². The van der Waals surface area contributed by atoms with Crippen LogP contribution < -0.4 is 5.32 Å². The Labute approximate surface area is 124 Å². The third-order valence-corrected chi connectivity index (χ3v) is 5.35. The highest BCUT2D eigenvalue weighted by Gasteiger charge is 2.24. The highest BCUT2D eigenvalue weighted by Crippen LogP contribution is 2.28. The van der Waals surface area contributed by atoms with Gasteiger partial charge in [0.25, 0.3) is 0 Å². The largest absolute Gasteiger partial charge is 0.392 e. The van der Waals surface area contributed by atoms with Crippen LogP contribution in [0.15, 0.2) is 18.2 Å². The summed E-state index contributed by atoms with van der Waals surface area (Å²) in [6.07, 6.45) is 2.96. The summed E-state index contributed by atoms with van der Waals surface area (Å²) in [5, 5.41) is 14.5. The van der Waals surface area contributed by atoms with Crippen molar-refractivity contribution < 1.29 is 5.11 Å². The Morgan fingerprint density at radius 2 is 2.25 bits per heavy atom. The Bertz CT molecular complexity index is 593. The molecule has 2 atom stereocenters. The van der Waals surface area contributed by atoms with E-state index in [9.17, 15) is 5.11 Å². The first-order valence-electron chi connectivity index (χ1n) is 7.44. The Balaban J connectivity index is 1.72. The standard InChI is InChI=1S/C16H22N2OS/c1-10(2)16-18-13-8-11(6-7-15(13)20-16)9-17-12-4-3-5-14(12)19/h6-8,10,12,14,17,19H,3-5,9H2,1-2H3/t12-,14-/m0/s1. The number of aliphatic hydroxyl groups is 1. The van der Waals surface area contributed by atoms with E-state index in [0.29, 0.717) is 5.92 Å². The third-order valence-electron chi connectivity index (χ3n) is 4.01. The molecule has 1 saturated carbocycles. The number of benzene rings is 1. The first-order chi connectivity index (χ1) is 9.63. The predicted octanol–water partition coefficient (Wildman–Crippen LogP) is 3.42.